The van der Waals surface area contributed by atoms with Gasteiger partial charge in [0.15, 0.2) is 6.10 Å². The maximum absolute atomic E-state index is 12.8. The van der Waals surface area contributed by atoms with Crippen molar-refractivity contribution in [1.82, 2.24) is 9.55 Å². The molecule has 4 heterocycles. The van der Waals surface area contributed by atoms with Crippen LogP contribution in [0.2, 0.25) is 0 Å². The predicted octanol–water partition coefficient (Wildman–Crippen LogP) is 1.10. The van der Waals surface area contributed by atoms with E-state index in [1.165, 1.54) is 0 Å². The third-order valence-corrected chi connectivity index (χ3v) is 4.85. The van der Waals surface area contributed by atoms with E-state index in [4.69, 9.17) is 10.5 Å². The van der Waals surface area contributed by atoms with Crippen molar-refractivity contribution in [2.75, 3.05) is 5.73 Å². The number of aliphatic hydroxyl groups is 1. The molecule has 3 aromatic rings. The van der Waals surface area contributed by atoms with Gasteiger partial charge in [0.1, 0.15) is 6.61 Å². The second-order valence-electron chi connectivity index (χ2n) is 6.28. The van der Waals surface area contributed by atoms with Crippen LogP contribution in [-0.2, 0) is 22.7 Å². The van der Waals surface area contributed by atoms with Crippen LogP contribution in [-0.4, -0.2) is 20.6 Å². The molecule has 7 heteroatoms. The van der Waals surface area contributed by atoms with E-state index in [9.17, 15) is 14.7 Å². The van der Waals surface area contributed by atoms with Gasteiger partial charge in [0, 0.05) is 22.2 Å². The topological polar surface area (TPSA) is 107 Å². The number of hydrogen-bond donors (Lipinski definition) is 2. The van der Waals surface area contributed by atoms with E-state index in [0.29, 0.717) is 34.7 Å². The number of nitrogens with zero attached hydrogens (tertiary/aromatic N) is 2. The van der Waals surface area contributed by atoms with Crippen LogP contribution in [0.5, 0.6) is 0 Å². The minimum atomic E-state index is -1.44. The first-order chi connectivity index (χ1) is 12.0. The maximum Gasteiger partial charge on any atom is 0.340 e. The Bertz CT molecular complexity index is 1150. The Hall–Kier alpha value is -3.19. The van der Waals surface area contributed by atoms with Gasteiger partial charge in [-0.3, -0.25) is 4.79 Å². The number of nitrogens with two attached hydrogens (primary N) is 1. The molecule has 2 aliphatic rings. The number of cyclic esters (lactones) is 1. The van der Waals surface area contributed by atoms with Crippen LogP contribution in [0.3, 0.4) is 0 Å². The van der Waals surface area contributed by atoms with E-state index in [1.54, 1.807) is 10.6 Å². The molecule has 0 amide bonds. The largest absolute Gasteiger partial charge is 0.458 e. The van der Waals surface area contributed by atoms with Crippen LogP contribution < -0.4 is 11.3 Å². The molecule has 0 spiro atoms. The number of esters is 1. The van der Waals surface area contributed by atoms with E-state index in [2.05, 4.69) is 4.98 Å². The van der Waals surface area contributed by atoms with Gasteiger partial charge in [0.2, 0.25) is 0 Å². The minimum absolute atomic E-state index is 0.122. The second-order valence-corrected chi connectivity index (χ2v) is 6.28. The van der Waals surface area contributed by atoms with Crippen LogP contribution in [0.25, 0.3) is 22.3 Å². The number of anilines is 1. The molecule has 1 aromatic carbocycles. The van der Waals surface area contributed by atoms with E-state index in [0.717, 1.165) is 16.5 Å². The lowest BCUT2D eigenvalue weighted by Crippen LogP contribution is -2.32. The molecule has 0 fully saturated rings. The Morgan fingerprint density at radius 3 is 2.96 bits per heavy atom. The van der Waals surface area contributed by atoms with Crippen molar-refractivity contribution in [3.63, 3.8) is 0 Å². The third kappa shape index (κ3) is 1.81. The number of rotatable bonds is 0. The predicted molar refractivity (Wildman–Crippen MR) is 89.7 cm³/mol. The summed E-state index contributed by atoms with van der Waals surface area (Å²) < 4.78 is 6.47. The van der Waals surface area contributed by atoms with E-state index in [1.807, 2.05) is 24.3 Å². The van der Waals surface area contributed by atoms with Crippen molar-refractivity contribution in [1.29, 1.82) is 0 Å². The first-order valence-corrected chi connectivity index (χ1v) is 7.84. The average molecular weight is 335 g/mol. The Morgan fingerprint density at radius 2 is 2.12 bits per heavy atom. The molecule has 25 heavy (non-hydrogen) atoms. The summed E-state index contributed by atoms with van der Waals surface area (Å²) in [5.41, 5.74) is 9.88. The van der Waals surface area contributed by atoms with Gasteiger partial charge in [0.25, 0.3) is 5.56 Å². The number of carbonyl (C=O) groups is 1. The summed E-state index contributed by atoms with van der Waals surface area (Å²) in [7, 11) is 0. The zero-order chi connectivity index (χ0) is 17.3. The highest BCUT2D eigenvalue weighted by molar-refractivity contribution is 5.93. The summed E-state index contributed by atoms with van der Waals surface area (Å²) in [5, 5.41) is 10.9. The fourth-order valence-corrected chi connectivity index (χ4v) is 3.57. The summed E-state index contributed by atoms with van der Waals surface area (Å²) in [6.45, 7) is 0.251. The van der Waals surface area contributed by atoms with Gasteiger partial charge in [0.05, 0.1) is 29.0 Å². The van der Waals surface area contributed by atoms with E-state index >= 15 is 0 Å². The van der Waals surface area contributed by atoms with Crippen molar-refractivity contribution < 1.29 is 14.6 Å². The number of carbonyl (C=O) groups excluding carboxylic acids is 1. The Morgan fingerprint density at radius 1 is 1.28 bits per heavy atom. The quantitative estimate of drug-likeness (QED) is 0.368. The Labute approximate surface area is 141 Å². The average Bonchev–Trinajstić information content (AvgIpc) is 2.96. The molecule has 0 saturated heterocycles. The van der Waals surface area contributed by atoms with Crippen molar-refractivity contribution in [3.8, 4) is 11.4 Å². The standard InChI is InChI=1S/C18H13N3O4/c19-12-2-1-3-13-10(12)4-8-6-21-14(15(8)20-13)5-9-11(17(21)23)7-25-18(24)16(9)22/h1-5,16,22H,6-7,19H2. The van der Waals surface area contributed by atoms with Crippen LogP contribution in [0.1, 0.15) is 22.8 Å². The molecule has 0 bridgehead atoms. The fourth-order valence-electron chi connectivity index (χ4n) is 3.57. The van der Waals surface area contributed by atoms with Crippen LogP contribution in [0, 0.1) is 0 Å². The highest BCUT2D eigenvalue weighted by atomic mass is 16.5. The van der Waals surface area contributed by atoms with Gasteiger partial charge in [-0.25, -0.2) is 9.78 Å². The lowest BCUT2D eigenvalue weighted by molar-refractivity contribution is -0.157. The number of aliphatic hydroxyl groups excluding tert-OH is 1. The molecule has 3 N–H and O–H groups in total. The molecule has 0 radical (unpaired) electrons. The molecule has 1 unspecified atom stereocenters. The number of benzene rings is 1. The van der Waals surface area contributed by atoms with Gasteiger partial charge in [-0.1, -0.05) is 6.07 Å². The minimum Gasteiger partial charge on any atom is -0.458 e. The number of fused-ring (bicyclic) bond motifs is 5. The highest BCUT2D eigenvalue weighted by Gasteiger charge is 2.33. The van der Waals surface area contributed by atoms with Gasteiger partial charge < -0.3 is 20.1 Å². The smallest absolute Gasteiger partial charge is 0.340 e. The second kappa shape index (κ2) is 4.67. The first-order valence-electron chi connectivity index (χ1n) is 7.84. The first kappa shape index (κ1) is 14.2. The van der Waals surface area contributed by atoms with Crippen LogP contribution in [0.4, 0.5) is 5.69 Å². The molecule has 124 valence electrons. The zero-order valence-electron chi connectivity index (χ0n) is 13.0. The highest BCUT2D eigenvalue weighted by Crippen LogP contribution is 2.35. The van der Waals surface area contributed by atoms with E-state index < -0.39 is 12.1 Å². The van der Waals surface area contributed by atoms with Gasteiger partial charge in [-0.15, -0.1) is 0 Å². The molecular formula is C18H13N3O4. The molecule has 2 aliphatic heterocycles. The lowest BCUT2D eigenvalue weighted by atomic mass is 10.0. The van der Waals surface area contributed by atoms with Crippen molar-refractivity contribution in [3.05, 3.63) is 57.4 Å². The normalized spacial score (nSPS) is 17.8. The molecule has 1 atom stereocenters. The van der Waals surface area contributed by atoms with Crippen LogP contribution in [0.15, 0.2) is 35.1 Å². The maximum atomic E-state index is 12.8. The Kier molecular flexibility index (Phi) is 2.65. The zero-order valence-corrected chi connectivity index (χ0v) is 13.0. The lowest BCUT2D eigenvalue weighted by Gasteiger charge is -2.21. The molecule has 0 aliphatic carbocycles. The third-order valence-electron chi connectivity index (χ3n) is 4.85. The number of nitrogen functional groups attached to an aromatic ring is 1. The van der Waals surface area contributed by atoms with Gasteiger partial charge in [-0.05, 0) is 24.3 Å². The molecule has 7 nitrogen and oxygen atoms in total. The summed E-state index contributed by atoms with van der Waals surface area (Å²) in [4.78, 5) is 29.1. The number of hydrogen-bond acceptors (Lipinski definition) is 6. The SMILES string of the molecule is Nc1cccc2nc3c(cc12)Cn1c-3cc2c(c1=O)COC(=O)C2O. The summed E-state index contributed by atoms with van der Waals surface area (Å²) in [5.74, 6) is -0.741. The monoisotopic (exact) mass is 335 g/mol. The summed E-state index contributed by atoms with van der Waals surface area (Å²) >= 11 is 0. The number of pyridine rings is 2. The van der Waals surface area contributed by atoms with Crippen molar-refractivity contribution in [2.24, 2.45) is 0 Å². The van der Waals surface area contributed by atoms with Crippen LogP contribution >= 0.6 is 0 Å². The fraction of sp³-hybridized carbons (Fsp3) is 0.167. The van der Waals surface area contributed by atoms with Gasteiger partial charge in [-0.2, -0.15) is 0 Å². The molecule has 5 rings (SSSR count). The molecule has 2 aromatic heterocycles. The van der Waals surface area contributed by atoms with E-state index in [-0.39, 0.29) is 12.2 Å². The summed E-state index contributed by atoms with van der Waals surface area (Å²) in [6.07, 6.45) is -1.44. The number of aromatic nitrogens is 2. The van der Waals surface area contributed by atoms with Crippen molar-refractivity contribution >= 4 is 22.6 Å². The number of ether oxygens (including phenoxy) is 1. The van der Waals surface area contributed by atoms with Gasteiger partial charge >= 0.3 is 5.97 Å². The molecule has 0 saturated carbocycles. The summed E-state index contributed by atoms with van der Waals surface area (Å²) in [6, 6.07) is 9.10. The Balaban J connectivity index is 1.80. The molecular weight excluding hydrogens is 322 g/mol. The van der Waals surface area contributed by atoms with Crippen molar-refractivity contribution in [2.45, 2.75) is 19.3 Å².